The summed E-state index contributed by atoms with van der Waals surface area (Å²) in [6, 6.07) is 12.3. The van der Waals surface area contributed by atoms with Gasteiger partial charge in [0.15, 0.2) is 0 Å². The molecule has 0 spiro atoms. The maximum Gasteiger partial charge on any atom is 0.401 e. The molecule has 0 aliphatic rings. The number of fused-ring (bicyclic) bond motifs is 1. The number of amides is 1. The van der Waals surface area contributed by atoms with Crippen molar-refractivity contribution in [2.45, 2.75) is 12.7 Å². The third-order valence-electron chi connectivity index (χ3n) is 3.81. The standard InChI is InChI=1S/C19H15F3N4O2/c20-19(21,22)12-23-11-15-18(14-4-2-1-3-5-14)24-16-10-13(8-9-26(15)16)6-7-17(27)25-28/h1-5,8-10,23,28H,11-12H2,(H,25,27). The minimum Gasteiger partial charge on any atom is -0.303 e. The van der Waals surface area contributed by atoms with Crippen LogP contribution in [0.15, 0.2) is 48.7 Å². The lowest BCUT2D eigenvalue weighted by Gasteiger charge is -2.10. The molecule has 6 nitrogen and oxygen atoms in total. The van der Waals surface area contributed by atoms with Crippen LogP contribution in [0.3, 0.4) is 0 Å². The second-order valence-corrected chi connectivity index (χ2v) is 5.83. The van der Waals surface area contributed by atoms with Crippen molar-refractivity contribution < 1.29 is 23.2 Å². The lowest BCUT2D eigenvalue weighted by atomic mass is 10.1. The SMILES string of the molecule is O=C(C#Cc1ccn2c(CNCC(F)(F)F)c(-c3ccccc3)nc2c1)NO. The van der Waals surface area contributed by atoms with E-state index in [2.05, 4.69) is 22.1 Å². The molecule has 1 aromatic carbocycles. The third-order valence-corrected chi connectivity index (χ3v) is 3.81. The number of alkyl halides is 3. The van der Waals surface area contributed by atoms with Crippen LogP contribution in [0.25, 0.3) is 16.9 Å². The van der Waals surface area contributed by atoms with Gasteiger partial charge in [-0.2, -0.15) is 13.2 Å². The van der Waals surface area contributed by atoms with Crippen LogP contribution >= 0.6 is 0 Å². The zero-order valence-corrected chi connectivity index (χ0v) is 14.4. The van der Waals surface area contributed by atoms with Gasteiger partial charge in [-0.1, -0.05) is 36.3 Å². The Labute approximate surface area is 158 Å². The van der Waals surface area contributed by atoms with Gasteiger partial charge in [0.1, 0.15) is 5.65 Å². The molecule has 0 saturated heterocycles. The Kier molecular flexibility index (Phi) is 5.63. The van der Waals surface area contributed by atoms with Gasteiger partial charge in [0.2, 0.25) is 0 Å². The number of nitrogens with one attached hydrogen (secondary N) is 2. The number of nitrogens with zero attached hydrogens (tertiary/aromatic N) is 2. The average molecular weight is 388 g/mol. The van der Waals surface area contributed by atoms with Crippen LogP contribution in [-0.2, 0) is 11.3 Å². The van der Waals surface area contributed by atoms with Gasteiger partial charge < -0.3 is 9.72 Å². The van der Waals surface area contributed by atoms with Crippen LogP contribution in [-0.4, -0.2) is 33.2 Å². The Hall–Kier alpha value is -3.35. The maximum atomic E-state index is 12.5. The predicted octanol–water partition coefficient (Wildman–Crippen LogP) is 2.51. The van der Waals surface area contributed by atoms with Gasteiger partial charge in [0, 0.05) is 29.8 Å². The highest BCUT2D eigenvalue weighted by atomic mass is 19.4. The number of carbonyl (C=O) groups is 1. The number of aromatic nitrogens is 2. The van der Waals surface area contributed by atoms with E-state index in [1.165, 1.54) is 5.48 Å². The Balaban J connectivity index is 2.01. The van der Waals surface area contributed by atoms with E-state index in [4.69, 9.17) is 5.21 Å². The Morgan fingerprint density at radius 3 is 2.64 bits per heavy atom. The molecule has 0 unspecified atom stereocenters. The lowest BCUT2D eigenvalue weighted by Crippen LogP contribution is -2.28. The number of hydrogen-bond acceptors (Lipinski definition) is 4. The lowest BCUT2D eigenvalue weighted by molar-refractivity contribution is -0.125. The van der Waals surface area contributed by atoms with Crippen molar-refractivity contribution in [3.05, 3.63) is 59.9 Å². The molecule has 1 amide bonds. The monoisotopic (exact) mass is 388 g/mol. The number of benzene rings is 1. The van der Waals surface area contributed by atoms with E-state index >= 15 is 0 Å². The highest BCUT2D eigenvalue weighted by Crippen LogP contribution is 2.25. The number of hydrogen-bond donors (Lipinski definition) is 3. The summed E-state index contributed by atoms with van der Waals surface area (Å²) in [6.07, 6.45) is -2.69. The Morgan fingerprint density at radius 2 is 1.96 bits per heavy atom. The Bertz CT molecular complexity index is 1050. The average Bonchev–Trinajstić information content (AvgIpc) is 3.03. The van der Waals surface area contributed by atoms with Crippen LogP contribution < -0.4 is 10.8 Å². The van der Waals surface area contributed by atoms with Crippen molar-refractivity contribution in [1.29, 1.82) is 0 Å². The number of pyridine rings is 1. The molecule has 0 aliphatic carbocycles. The smallest absolute Gasteiger partial charge is 0.303 e. The van der Waals surface area contributed by atoms with Gasteiger partial charge in [-0.25, -0.2) is 10.5 Å². The first-order chi connectivity index (χ1) is 13.4. The van der Waals surface area contributed by atoms with Crippen LogP contribution in [0.1, 0.15) is 11.3 Å². The third kappa shape index (κ3) is 4.68. The van der Waals surface area contributed by atoms with Crippen molar-refractivity contribution in [3.63, 3.8) is 0 Å². The number of rotatable bonds is 4. The number of imidazole rings is 1. The molecular formula is C19H15F3N4O2. The zero-order chi connectivity index (χ0) is 20.1. The molecule has 0 saturated carbocycles. The van der Waals surface area contributed by atoms with E-state index in [0.717, 1.165) is 5.56 Å². The van der Waals surface area contributed by atoms with Crippen molar-refractivity contribution >= 4 is 11.6 Å². The fourth-order valence-electron chi connectivity index (χ4n) is 2.65. The van der Waals surface area contributed by atoms with Crippen molar-refractivity contribution in [2.24, 2.45) is 0 Å². The molecule has 0 atom stereocenters. The summed E-state index contributed by atoms with van der Waals surface area (Å²) in [6.45, 7) is -1.16. The fourth-order valence-corrected chi connectivity index (χ4v) is 2.65. The summed E-state index contributed by atoms with van der Waals surface area (Å²) in [5, 5.41) is 10.9. The Morgan fingerprint density at radius 1 is 1.21 bits per heavy atom. The second-order valence-electron chi connectivity index (χ2n) is 5.83. The predicted molar refractivity (Wildman–Crippen MR) is 95.2 cm³/mol. The van der Waals surface area contributed by atoms with Crippen LogP contribution in [0.2, 0.25) is 0 Å². The fraction of sp³-hybridized carbons (Fsp3) is 0.158. The van der Waals surface area contributed by atoms with E-state index in [9.17, 15) is 18.0 Å². The van der Waals surface area contributed by atoms with E-state index in [1.54, 1.807) is 22.7 Å². The summed E-state index contributed by atoms with van der Waals surface area (Å²) in [4.78, 5) is 15.6. The summed E-state index contributed by atoms with van der Waals surface area (Å²) in [5.41, 5.74) is 4.23. The van der Waals surface area contributed by atoms with E-state index in [0.29, 0.717) is 22.6 Å². The minimum atomic E-state index is -4.32. The highest BCUT2D eigenvalue weighted by molar-refractivity contribution is 5.93. The summed E-state index contributed by atoms with van der Waals surface area (Å²) in [7, 11) is 0. The van der Waals surface area contributed by atoms with Gasteiger partial charge in [0.05, 0.1) is 17.9 Å². The van der Waals surface area contributed by atoms with Crippen molar-refractivity contribution in [1.82, 2.24) is 20.2 Å². The van der Waals surface area contributed by atoms with E-state index in [1.807, 2.05) is 30.3 Å². The van der Waals surface area contributed by atoms with Crippen LogP contribution in [0.4, 0.5) is 13.2 Å². The van der Waals surface area contributed by atoms with Crippen molar-refractivity contribution in [2.75, 3.05) is 6.54 Å². The van der Waals surface area contributed by atoms with Crippen LogP contribution in [0, 0.1) is 11.8 Å². The van der Waals surface area contributed by atoms with E-state index in [-0.39, 0.29) is 6.54 Å². The molecule has 9 heteroatoms. The molecule has 3 rings (SSSR count). The molecule has 0 fully saturated rings. The van der Waals surface area contributed by atoms with Crippen molar-refractivity contribution in [3.8, 4) is 23.1 Å². The van der Waals surface area contributed by atoms with Crippen LogP contribution in [0.5, 0.6) is 0 Å². The summed E-state index contributed by atoms with van der Waals surface area (Å²) >= 11 is 0. The zero-order valence-electron chi connectivity index (χ0n) is 14.4. The molecule has 3 aromatic rings. The topological polar surface area (TPSA) is 78.7 Å². The maximum absolute atomic E-state index is 12.5. The molecular weight excluding hydrogens is 373 g/mol. The molecule has 0 aliphatic heterocycles. The number of carbonyl (C=O) groups excluding carboxylic acids is 1. The van der Waals surface area contributed by atoms with Gasteiger partial charge in [0.25, 0.3) is 0 Å². The first kappa shape index (κ1) is 19.4. The second kappa shape index (κ2) is 8.12. The van der Waals surface area contributed by atoms with Gasteiger partial charge in [-0.15, -0.1) is 0 Å². The molecule has 3 N–H and O–H groups in total. The number of halogens is 3. The number of hydroxylamine groups is 1. The molecule has 2 heterocycles. The van der Waals surface area contributed by atoms with Gasteiger partial charge >= 0.3 is 12.1 Å². The molecule has 144 valence electrons. The molecule has 28 heavy (non-hydrogen) atoms. The quantitative estimate of drug-likeness (QED) is 0.365. The molecule has 0 bridgehead atoms. The van der Waals surface area contributed by atoms with Gasteiger partial charge in [-0.05, 0) is 12.1 Å². The van der Waals surface area contributed by atoms with E-state index < -0.39 is 18.6 Å². The van der Waals surface area contributed by atoms with Gasteiger partial charge in [-0.3, -0.25) is 10.0 Å². The summed E-state index contributed by atoms with van der Waals surface area (Å²) < 4.78 is 39.2. The largest absolute Gasteiger partial charge is 0.401 e. The minimum absolute atomic E-state index is 0.0388. The molecule has 2 aromatic heterocycles. The summed E-state index contributed by atoms with van der Waals surface area (Å²) in [5.74, 6) is 3.92. The highest BCUT2D eigenvalue weighted by Gasteiger charge is 2.26. The first-order valence-corrected chi connectivity index (χ1v) is 8.17. The molecule has 0 radical (unpaired) electrons. The normalized spacial score (nSPS) is 11.1. The first-order valence-electron chi connectivity index (χ1n) is 8.17.